The van der Waals surface area contributed by atoms with Crippen molar-refractivity contribution in [2.75, 3.05) is 6.61 Å². The standard InChI is InChI=1S/C17H18N4O2/c1-3-23-16-9-8-15-19-14(11-21(15)20-16)17(22)18-10-13-7-5-4-6-12(13)2/h4-9,11H,3,10H2,1-2H3,(H,18,22). The van der Waals surface area contributed by atoms with Crippen LogP contribution in [0.3, 0.4) is 0 Å². The van der Waals surface area contributed by atoms with Crippen LogP contribution in [-0.2, 0) is 6.54 Å². The summed E-state index contributed by atoms with van der Waals surface area (Å²) < 4.78 is 6.89. The lowest BCUT2D eigenvalue weighted by Crippen LogP contribution is -2.23. The molecule has 23 heavy (non-hydrogen) atoms. The van der Waals surface area contributed by atoms with Gasteiger partial charge in [-0.25, -0.2) is 9.50 Å². The van der Waals surface area contributed by atoms with Gasteiger partial charge >= 0.3 is 0 Å². The number of rotatable bonds is 5. The Morgan fingerprint density at radius 3 is 2.87 bits per heavy atom. The van der Waals surface area contributed by atoms with Crippen LogP contribution in [0.4, 0.5) is 0 Å². The second-order valence-corrected chi connectivity index (χ2v) is 5.14. The molecule has 0 unspecified atom stereocenters. The van der Waals surface area contributed by atoms with Crippen molar-refractivity contribution in [3.8, 4) is 5.88 Å². The number of amides is 1. The minimum Gasteiger partial charge on any atom is -0.477 e. The molecule has 118 valence electrons. The van der Waals surface area contributed by atoms with E-state index in [4.69, 9.17) is 4.74 Å². The van der Waals surface area contributed by atoms with Crippen molar-refractivity contribution in [2.45, 2.75) is 20.4 Å². The van der Waals surface area contributed by atoms with Gasteiger partial charge in [-0.2, -0.15) is 0 Å². The number of carbonyl (C=O) groups is 1. The average Bonchev–Trinajstić information content (AvgIpc) is 2.97. The molecule has 0 saturated carbocycles. The summed E-state index contributed by atoms with van der Waals surface area (Å²) in [6, 6.07) is 11.5. The lowest BCUT2D eigenvalue weighted by molar-refractivity contribution is 0.0946. The summed E-state index contributed by atoms with van der Waals surface area (Å²) in [5.74, 6) is 0.279. The average molecular weight is 310 g/mol. The minimum absolute atomic E-state index is 0.225. The molecule has 3 aromatic rings. The predicted octanol–water partition coefficient (Wildman–Crippen LogP) is 2.37. The molecule has 0 atom stereocenters. The number of hydrogen-bond donors (Lipinski definition) is 1. The Hall–Kier alpha value is -2.89. The van der Waals surface area contributed by atoms with E-state index in [1.54, 1.807) is 22.8 Å². The summed E-state index contributed by atoms with van der Waals surface area (Å²) in [4.78, 5) is 16.5. The molecular weight excluding hydrogens is 292 g/mol. The number of benzene rings is 1. The number of carbonyl (C=O) groups excluding carboxylic acids is 1. The van der Waals surface area contributed by atoms with Crippen molar-refractivity contribution in [1.29, 1.82) is 0 Å². The molecule has 0 saturated heterocycles. The van der Waals surface area contributed by atoms with Crippen molar-refractivity contribution in [1.82, 2.24) is 19.9 Å². The largest absolute Gasteiger partial charge is 0.477 e. The van der Waals surface area contributed by atoms with Gasteiger partial charge in [-0.3, -0.25) is 4.79 Å². The van der Waals surface area contributed by atoms with E-state index in [2.05, 4.69) is 15.4 Å². The number of ether oxygens (including phenoxy) is 1. The monoisotopic (exact) mass is 310 g/mol. The second-order valence-electron chi connectivity index (χ2n) is 5.14. The highest BCUT2D eigenvalue weighted by Crippen LogP contribution is 2.11. The van der Waals surface area contributed by atoms with Crippen molar-refractivity contribution >= 4 is 11.6 Å². The first kappa shape index (κ1) is 15.0. The molecule has 0 aliphatic carbocycles. The van der Waals surface area contributed by atoms with E-state index >= 15 is 0 Å². The maximum atomic E-state index is 12.3. The second kappa shape index (κ2) is 6.48. The maximum Gasteiger partial charge on any atom is 0.271 e. The SMILES string of the molecule is CCOc1ccc2nc(C(=O)NCc3ccccc3C)cn2n1. The van der Waals surface area contributed by atoms with Gasteiger partial charge in [0.25, 0.3) is 5.91 Å². The number of nitrogens with zero attached hydrogens (tertiary/aromatic N) is 3. The van der Waals surface area contributed by atoms with E-state index in [9.17, 15) is 4.79 Å². The van der Waals surface area contributed by atoms with Gasteiger partial charge in [0.2, 0.25) is 5.88 Å². The molecule has 3 rings (SSSR count). The Kier molecular flexibility index (Phi) is 4.23. The van der Waals surface area contributed by atoms with Crippen molar-refractivity contribution < 1.29 is 9.53 Å². The Morgan fingerprint density at radius 1 is 1.26 bits per heavy atom. The highest BCUT2D eigenvalue weighted by atomic mass is 16.5. The molecule has 2 aromatic heterocycles. The van der Waals surface area contributed by atoms with Crippen LogP contribution in [0.2, 0.25) is 0 Å². The lowest BCUT2D eigenvalue weighted by atomic mass is 10.1. The molecule has 1 aromatic carbocycles. The summed E-state index contributed by atoms with van der Waals surface area (Å²) in [7, 11) is 0. The van der Waals surface area contributed by atoms with Crippen LogP contribution in [0.5, 0.6) is 5.88 Å². The minimum atomic E-state index is -0.225. The van der Waals surface area contributed by atoms with Crippen LogP contribution < -0.4 is 10.1 Å². The molecule has 0 aliphatic heterocycles. The first-order chi connectivity index (χ1) is 11.2. The van der Waals surface area contributed by atoms with Crippen LogP contribution in [-0.4, -0.2) is 27.1 Å². The molecule has 0 bridgehead atoms. The fourth-order valence-electron chi connectivity index (χ4n) is 2.27. The van der Waals surface area contributed by atoms with Crippen LogP contribution in [0.25, 0.3) is 5.65 Å². The fraction of sp³-hybridized carbons (Fsp3) is 0.235. The van der Waals surface area contributed by atoms with Gasteiger partial charge in [0.1, 0.15) is 5.69 Å². The smallest absolute Gasteiger partial charge is 0.271 e. The predicted molar refractivity (Wildman–Crippen MR) is 86.5 cm³/mol. The van der Waals surface area contributed by atoms with E-state index in [1.165, 1.54) is 0 Å². The van der Waals surface area contributed by atoms with E-state index < -0.39 is 0 Å². The van der Waals surface area contributed by atoms with Gasteiger partial charge in [0, 0.05) is 12.6 Å². The molecule has 0 aliphatic rings. The van der Waals surface area contributed by atoms with Gasteiger partial charge in [-0.1, -0.05) is 24.3 Å². The first-order valence-corrected chi connectivity index (χ1v) is 7.49. The summed E-state index contributed by atoms with van der Waals surface area (Å²) in [5.41, 5.74) is 3.17. The van der Waals surface area contributed by atoms with Crippen molar-refractivity contribution in [2.24, 2.45) is 0 Å². The fourth-order valence-corrected chi connectivity index (χ4v) is 2.27. The van der Waals surface area contributed by atoms with Gasteiger partial charge in [-0.05, 0) is 31.0 Å². The third-order valence-corrected chi connectivity index (χ3v) is 3.52. The van der Waals surface area contributed by atoms with Crippen molar-refractivity contribution in [3.63, 3.8) is 0 Å². The Morgan fingerprint density at radius 2 is 2.09 bits per heavy atom. The van der Waals surface area contributed by atoms with E-state index in [-0.39, 0.29) is 5.91 Å². The molecule has 0 fully saturated rings. The molecule has 1 N–H and O–H groups in total. The normalized spacial score (nSPS) is 10.7. The molecule has 1 amide bonds. The molecule has 2 heterocycles. The number of aromatic nitrogens is 3. The highest BCUT2D eigenvalue weighted by Gasteiger charge is 2.12. The number of hydrogen-bond acceptors (Lipinski definition) is 4. The summed E-state index contributed by atoms with van der Waals surface area (Å²) in [6.07, 6.45) is 1.60. The zero-order valence-electron chi connectivity index (χ0n) is 13.1. The maximum absolute atomic E-state index is 12.3. The van der Waals surface area contributed by atoms with Crippen LogP contribution >= 0.6 is 0 Å². The number of nitrogens with one attached hydrogen (secondary N) is 1. The third-order valence-electron chi connectivity index (χ3n) is 3.52. The molecule has 6 heteroatoms. The molecule has 0 spiro atoms. The molecular formula is C17H18N4O2. The summed E-state index contributed by atoms with van der Waals surface area (Å²) in [6.45, 7) is 4.92. The van der Waals surface area contributed by atoms with E-state index in [1.807, 2.05) is 38.1 Å². The van der Waals surface area contributed by atoms with Crippen LogP contribution in [0.1, 0.15) is 28.5 Å². The number of fused-ring (bicyclic) bond motifs is 1. The summed E-state index contributed by atoms with van der Waals surface area (Å²) >= 11 is 0. The van der Waals surface area contributed by atoms with Gasteiger partial charge in [0.05, 0.1) is 12.8 Å². The summed E-state index contributed by atoms with van der Waals surface area (Å²) in [5, 5.41) is 7.14. The number of aryl methyl sites for hydroxylation is 1. The van der Waals surface area contributed by atoms with Gasteiger partial charge in [-0.15, -0.1) is 5.10 Å². The third kappa shape index (κ3) is 3.31. The molecule has 6 nitrogen and oxygen atoms in total. The first-order valence-electron chi connectivity index (χ1n) is 7.49. The van der Waals surface area contributed by atoms with Gasteiger partial charge in [0.15, 0.2) is 5.65 Å². The van der Waals surface area contributed by atoms with E-state index in [0.717, 1.165) is 11.1 Å². The topological polar surface area (TPSA) is 68.5 Å². The lowest BCUT2D eigenvalue weighted by Gasteiger charge is -2.06. The Bertz CT molecular complexity index is 841. The Balaban J connectivity index is 1.74. The van der Waals surface area contributed by atoms with Crippen LogP contribution in [0.15, 0.2) is 42.6 Å². The quantitative estimate of drug-likeness (QED) is 0.785. The van der Waals surface area contributed by atoms with E-state index in [0.29, 0.717) is 30.4 Å². The molecule has 0 radical (unpaired) electrons. The Labute approximate surface area is 134 Å². The zero-order valence-corrected chi connectivity index (χ0v) is 13.1. The highest BCUT2D eigenvalue weighted by molar-refractivity contribution is 5.92. The zero-order chi connectivity index (χ0) is 16.2. The van der Waals surface area contributed by atoms with Gasteiger partial charge < -0.3 is 10.1 Å². The number of imidazole rings is 1. The van der Waals surface area contributed by atoms with Crippen molar-refractivity contribution in [3.05, 3.63) is 59.4 Å². The van der Waals surface area contributed by atoms with Crippen LogP contribution in [0, 0.1) is 6.92 Å².